The van der Waals surface area contributed by atoms with Crippen molar-refractivity contribution >= 4 is 30.0 Å². The monoisotopic (exact) mass is 342 g/mol. The van der Waals surface area contributed by atoms with E-state index in [1.165, 1.54) is 0 Å². The number of Topliss-reactive ketones (excluding diaryl/α,β-unsaturated/α-hetero) is 1. The molecule has 19 heavy (non-hydrogen) atoms. The molecule has 106 valence electrons. The van der Waals surface area contributed by atoms with Gasteiger partial charge in [-0.05, 0) is 42.8 Å². The third-order valence-corrected chi connectivity index (χ3v) is 8.74. The van der Waals surface area contributed by atoms with Gasteiger partial charge in [0.05, 0.1) is 5.56 Å². The summed E-state index contributed by atoms with van der Waals surface area (Å²) in [5, 5.41) is 0.864. The Morgan fingerprint density at radius 2 is 1.89 bits per heavy atom. The van der Waals surface area contributed by atoms with E-state index in [0.29, 0.717) is 5.56 Å². The molecule has 0 aliphatic heterocycles. The third-order valence-electron chi connectivity index (χ3n) is 3.75. The lowest BCUT2D eigenvalue weighted by atomic mass is 10.1. The van der Waals surface area contributed by atoms with E-state index in [-0.39, 0.29) is 10.8 Å². The summed E-state index contributed by atoms with van der Waals surface area (Å²) in [5.41, 5.74) is 1.77. The number of benzene rings is 1. The van der Waals surface area contributed by atoms with Gasteiger partial charge in [0.1, 0.15) is 5.75 Å². The highest BCUT2D eigenvalue weighted by Gasteiger charge is 2.39. The van der Waals surface area contributed by atoms with E-state index in [1.54, 1.807) is 6.92 Å². The average molecular weight is 343 g/mol. The normalized spacial score (nSPS) is 12.4. The molecular weight excluding hydrogens is 320 g/mol. The number of ketones is 1. The molecule has 0 aliphatic rings. The molecule has 0 atom stereocenters. The number of alkyl halides is 1. The minimum absolute atomic E-state index is 0.0523. The van der Waals surface area contributed by atoms with Crippen LogP contribution in [0, 0.1) is 0 Å². The van der Waals surface area contributed by atoms with Crippen LogP contribution in [-0.2, 0) is 5.33 Å². The van der Waals surface area contributed by atoms with Gasteiger partial charge in [-0.2, -0.15) is 0 Å². The second-order valence-electron chi connectivity index (χ2n) is 6.38. The molecule has 0 amide bonds. The van der Waals surface area contributed by atoms with Crippen LogP contribution < -0.4 is 4.43 Å². The van der Waals surface area contributed by atoms with Crippen molar-refractivity contribution in [2.75, 3.05) is 0 Å². The van der Waals surface area contributed by atoms with E-state index in [9.17, 15) is 4.79 Å². The molecule has 0 saturated carbocycles. The number of carbonyl (C=O) groups is 1. The van der Waals surface area contributed by atoms with Crippen LogP contribution in [0.1, 0.15) is 43.6 Å². The number of rotatable bonds is 4. The first-order valence-electron chi connectivity index (χ1n) is 6.47. The standard InChI is InChI=1S/C15H23BrO2Si/c1-11(17)13-9-12(10-16)7-8-14(13)18-19(5,6)15(2,3)4/h7-9H,10H2,1-6H3. The van der Waals surface area contributed by atoms with Gasteiger partial charge in [-0.3, -0.25) is 4.79 Å². The minimum Gasteiger partial charge on any atom is -0.543 e. The van der Waals surface area contributed by atoms with Crippen LogP contribution in [0.5, 0.6) is 5.75 Å². The van der Waals surface area contributed by atoms with Crippen LogP contribution in [0.3, 0.4) is 0 Å². The Labute approximate surface area is 125 Å². The van der Waals surface area contributed by atoms with Crippen molar-refractivity contribution in [2.24, 2.45) is 0 Å². The Bertz CT molecular complexity index is 476. The Balaban J connectivity index is 3.18. The van der Waals surface area contributed by atoms with Gasteiger partial charge in [0.25, 0.3) is 8.32 Å². The molecule has 0 spiro atoms. The Hall–Kier alpha value is -0.613. The second-order valence-corrected chi connectivity index (χ2v) is 11.7. The molecule has 0 aliphatic carbocycles. The number of halogens is 1. The van der Waals surface area contributed by atoms with Gasteiger partial charge in [0, 0.05) is 5.33 Å². The predicted octanol–water partition coefficient (Wildman–Crippen LogP) is 5.17. The minimum atomic E-state index is -1.91. The summed E-state index contributed by atoms with van der Waals surface area (Å²) in [7, 11) is -1.91. The quantitative estimate of drug-likeness (QED) is 0.428. The van der Waals surface area contributed by atoms with Crippen LogP contribution in [0.25, 0.3) is 0 Å². The van der Waals surface area contributed by atoms with E-state index >= 15 is 0 Å². The zero-order valence-corrected chi connectivity index (χ0v) is 15.2. The molecule has 0 aromatic heterocycles. The lowest BCUT2D eigenvalue weighted by Gasteiger charge is -2.37. The van der Waals surface area contributed by atoms with E-state index in [4.69, 9.17) is 4.43 Å². The lowest BCUT2D eigenvalue weighted by molar-refractivity contribution is 0.101. The van der Waals surface area contributed by atoms with Crippen molar-refractivity contribution in [1.82, 2.24) is 0 Å². The highest BCUT2D eigenvalue weighted by molar-refractivity contribution is 9.08. The first-order valence-corrected chi connectivity index (χ1v) is 10.5. The van der Waals surface area contributed by atoms with E-state index in [0.717, 1.165) is 16.6 Å². The summed E-state index contributed by atoms with van der Waals surface area (Å²) in [6, 6.07) is 5.84. The van der Waals surface area contributed by atoms with Crippen molar-refractivity contribution in [3.8, 4) is 5.75 Å². The fraction of sp³-hybridized carbons (Fsp3) is 0.533. The SMILES string of the molecule is CC(=O)c1cc(CBr)ccc1O[Si](C)(C)C(C)(C)C. The van der Waals surface area contributed by atoms with Crippen molar-refractivity contribution in [3.63, 3.8) is 0 Å². The predicted molar refractivity (Wildman–Crippen MR) is 86.9 cm³/mol. The fourth-order valence-corrected chi connectivity index (χ4v) is 2.84. The van der Waals surface area contributed by atoms with Crippen molar-refractivity contribution in [3.05, 3.63) is 29.3 Å². The summed E-state index contributed by atoms with van der Waals surface area (Å²) >= 11 is 3.42. The number of hydrogen-bond donors (Lipinski definition) is 0. The maximum Gasteiger partial charge on any atom is 0.250 e. The molecule has 1 aromatic rings. The van der Waals surface area contributed by atoms with Gasteiger partial charge in [-0.15, -0.1) is 0 Å². The molecule has 0 N–H and O–H groups in total. The largest absolute Gasteiger partial charge is 0.543 e. The summed E-state index contributed by atoms with van der Waals surface area (Å²) in [5.74, 6) is 0.778. The zero-order chi connectivity index (χ0) is 14.8. The lowest BCUT2D eigenvalue weighted by Crippen LogP contribution is -2.44. The highest BCUT2D eigenvalue weighted by Crippen LogP contribution is 2.38. The molecule has 0 saturated heterocycles. The summed E-state index contributed by atoms with van der Waals surface area (Å²) in [4.78, 5) is 11.8. The second kappa shape index (κ2) is 5.79. The summed E-state index contributed by atoms with van der Waals surface area (Å²) < 4.78 is 6.26. The fourth-order valence-electron chi connectivity index (χ4n) is 1.45. The smallest absolute Gasteiger partial charge is 0.250 e. The summed E-state index contributed by atoms with van der Waals surface area (Å²) in [6.45, 7) is 12.6. The molecule has 1 rings (SSSR count). The van der Waals surface area contributed by atoms with Crippen LogP contribution in [0.15, 0.2) is 18.2 Å². The highest BCUT2D eigenvalue weighted by atomic mass is 79.9. The number of carbonyl (C=O) groups excluding carboxylic acids is 1. The third kappa shape index (κ3) is 3.92. The van der Waals surface area contributed by atoms with Crippen molar-refractivity contribution < 1.29 is 9.22 Å². The molecular formula is C15H23BrO2Si. The molecule has 0 bridgehead atoms. The van der Waals surface area contributed by atoms with E-state index in [2.05, 4.69) is 49.8 Å². The molecule has 0 radical (unpaired) electrons. The maximum absolute atomic E-state index is 11.8. The Morgan fingerprint density at radius 1 is 1.32 bits per heavy atom. The van der Waals surface area contributed by atoms with Crippen LogP contribution in [0.2, 0.25) is 18.1 Å². The van der Waals surface area contributed by atoms with Crippen molar-refractivity contribution in [2.45, 2.75) is 51.2 Å². The first kappa shape index (κ1) is 16.4. The molecule has 1 aromatic carbocycles. The first-order chi connectivity index (χ1) is 8.58. The summed E-state index contributed by atoms with van der Waals surface area (Å²) in [6.07, 6.45) is 0. The van der Waals surface area contributed by atoms with Crippen LogP contribution in [-0.4, -0.2) is 14.1 Å². The Morgan fingerprint density at radius 3 is 2.32 bits per heavy atom. The maximum atomic E-state index is 11.8. The van der Waals surface area contributed by atoms with Crippen molar-refractivity contribution in [1.29, 1.82) is 0 Å². The average Bonchev–Trinajstić information content (AvgIpc) is 2.27. The molecule has 0 heterocycles. The van der Waals surface area contributed by atoms with Crippen LogP contribution in [0.4, 0.5) is 0 Å². The van der Waals surface area contributed by atoms with Gasteiger partial charge < -0.3 is 4.43 Å². The molecule has 4 heteroatoms. The van der Waals surface area contributed by atoms with Gasteiger partial charge in [0.2, 0.25) is 0 Å². The van der Waals surface area contributed by atoms with Crippen LogP contribution >= 0.6 is 15.9 Å². The molecule has 0 fully saturated rings. The van der Waals surface area contributed by atoms with Gasteiger partial charge >= 0.3 is 0 Å². The van der Waals surface area contributed by atoms with Gasteiger partial charge in [0.15, 0.2) is 5.78 Å². The van der Waals surface area contributed by atoms with Gasteiger partial charge in [-0.25, -0.2) is 0 Å². The Kier molecular flexibility index (Phi) is 5.01. The van der Waals surface area contributed by atoms with E-state index < -0.39 is 8.32 Å². The van der Waals surface area contributed by atoms with E-state index in [1.807, 2.05) is 18.2 Å². The topological polar surface area (TPSA) is 26.3 Å². The number of hydrogen-bond acceptors (Lipinski definition) is 2. The molecule has 0 unspecified atom stereocenters. The zero-order valence-electron chi connectivity index (χ0n) is 12.6. The molecule has 2 nitrogen and oxygen atoms in total. The van der Waals surface area contributed by atoms with Gasteiger partial charge in [-0.1, -0.05) is 42.8 Å².